The van der Waals surface area contributed by atoms with Gasteiger partial charge in [-0.2, -0.15) is 0 Å². The highest BCUT2D eigenvalue weighted by molar-refractivity contribution is 4.96. The van der Waals surface area contributed by atoms with Crippen molar-refractivity contribution < 1.29 is 5.11 Å². The van der Waals surface area contributed by atoms with Gasteiger partial charge >= 0.3 is 0 Å². The van der Waals surface area contributed by atoms with Crippen LogP contribution < -0.4 is 0 Å². The van der Waals surface area contributed by atoms with Crippen LogP contribution in [0.5, 0.6) is 0 Å². The minimum Gasteiger partial charge on any atom is -0.393 e. The van der Waals surface area contributed by atoms with Crippen molar-refractivity contribution in [2.24, 2.45) is 34.5 Å². The van der Waals surface area contributed by atoms with E-state index >= 15 is 0 Å². The summed E-state index contributed by atoms with van der Waals surface area (Å²) in [7, 11) is 0. The summed E-state index contributed by atoms with van der Waals surface area (Å²) >= 11 is 0. The molecule has 0 saturated heterocycles. The van der Waals surface area contributed by atoms with Crippen molar-refractivity contribution in [1.29, 1.82) is 0 Å². The first-order valence-corrected chi connectivity index (χ1v) is 9.70. The summed E-state index contributed by atoms with van der Waals surface area (Å²) in [6, 6.07) is 0. The quantitative estimate of drug-likeness (QED) is 0.632. The molecule has 0 aromatic rings. The summed E-state index contributed by atoms with van der Waals surface area (Å²) in [5.41, 5.74) is 0.398. The summed E-state index contributed by atoms with van der Waals surface area (Å²) in [4.78, 5) is 0. The topological polar surface area (TPSA) is 20.2 Å². The largest absolute Gasteiger partial charge is 0.393 e. The summed E-state index contributed by atoms with van der Waals surface area (Å²) in [5, 5.41) is 11.1. The van der Waals surface area contributed by atoms with E-state index in [0.717, 1.165) is 11.8 Å². The molecule has 0 amide bonds. The fraction of sp³-hybridized carbons (Fsp3) is 1.00. The van der Waals surface area contributed by atoms with Gasteiger partial charge in [-0.3, -0.25) is 0 Å². The van der Waals surface area contributed by atoms with Crippen LogP contribution in [0.2, 0.25) is 0 Å². The Bertz CT molecular complexity index is 290. The molecule has 1 fully saturated rings. The molecule has 0 bridgehead atoms. The fourth-order valence-corrected chi connectivity index (χ4v) is 4.78. The zero-order valence-corrected chi connectivity index (χ0v) is 16.6. The molecule has 1 N–H and O–H groups in total. The third kappa shape index (κ3) is 4.98. The Morgan fingerprint density at radius 1 is 0.818 bits per heavy atom. The van der Waals surface area contributed by atoms with Gasteiger partial charge in [-0.05, 0) is 47.3 Å². The number of aliphatic hydroxyl groups is 1. The lowest BCUT2D eigenvalue weighted by atomic mass is 9.56. The van der Waals surface area contributed by atoms with E-state index in [9.17, 15) is 5.11 Å². The first-order chi connectivity index (χ1) is 10.0. The molecule has 1 nitrogen and oxygen atoms in total. The second-order valence-corrected chi connectivity index (χ2v) is 10.0. The minimum atomic E-state index is -0.139. The van der Waals surface area contributed by atoms with Gasteiger partial charge in [0.25, 0.3) is 0 Å². The van der Waals surface area contributed by atoms with E-state index in [1.165, 1.54) is 38.5 Å². The zero-order chi connectivity index (χ0) is 17.1. The van der Waals surface area contributed by atoms with E-state index in [1.54, 1.807) is 0 Å². The SMILES string of the molecule is CCCC(CCC)C1CC(C(C)(C)C)C(O)C(C(C)(C)C)C1. The van der Waals surface area contributed by atoms with Gasteiger partial charge in [-0.1, -0.05) is 81.1 Å². The second kappa shape index (κ2) is 7.69. The molecule has 0 aromatic carbocycles. The molecule has 22 heavy (non-hydrogen) atoms. The molecule has 0 heterocycles. The van der Waals surface area contributed by atoms with Gasteiger partial charge in [0.2, 0.25) is 0 Å². The normalized spacial score (nSPS) is 30.8. The van der Waals surface area contributed by atoms with Crippen LogP contribution in [0.25, 0.3) is 0 Å². The van der Waals surface area contributed by atoms with Gasteiger partial charge in [-0.25, -0.2) is 0 Å². The number of hydrogen-bond acceptors (Lipinski definition) is 1. The smallest absolute Gasteiger partial charge is 0.0606 e. The molecule has 0 aliphatic heterocycles. The molecule has 1 rings (SSSR count). The molecule has 1 aliphatic carbocycles. The van der Waals surface area contributed by atoms with E-state index in [-0.39, 0.29) is 16.9 Å². The highest BCUT2D eigenvalue weighted by atomic mass is 16.3. The molecule has 0 radical (unpaired) electrons. The highest BCUT2D eigenvalue weighted by Crippen LogP contribution is 2.51. The second-order valence-electron chi connectivity index (χ2n) is 10.0. The molecular formula is C21H42O. The predicted molar refractivity (Wildman–Crippen MR) is 97.9 cm³/mol. The minimum absolute atomic E-state index is 0.139. The Kier molecular flexibility index (Phi) is 6.99. The summed E-state index contributed by atoms with van der Waals surface area (Å²) < 4.78 is 0. The molecule has 1 heteroatoms. The van der Waals surface area contributed by atoms with E-state index in [1.807, 2.05) is 0 Å². The molecule has 132 valence electrons. The maximum Gasteiger partial charge on any atom is 0.0606 e. The lowest BCUT2D eigenvalue weighted by Crippen LogP contribution is -2.48. The maximum atomic E-state index is 11.1. The van der Waals surface area contributed by atoms with Crippen LogP contribution >= 0.6 is 0 Å². The van der Waals surface area contributed by atoms with Gasteiger partial charge in [0.1, 0.15) is 0 Å². The average molecular weight is 311 g/mol. The third-order valence-electron chi connectivity index (χ3n) is 6.15. The van der Waals surface area contributed by atoms with Crippen LogP contribution in [0.4, 0.5) is 0 Å². The van der Waals surface area contributed by atoms with Crippen molar-refractivity contribution in [2.45, 2.75) is 100 Å². The van der Waals surface area contributed by atoms with Crippen molar-refractivity contribution in [1.82, 2.24) is 0 Å². The summed E-state index contributed by atoms with van der Waals surface area (Å²) in [5.74, 6) is 2.53. The highest BCUT2D eigenvalue weighted by Gasteiger charge is 2.47. The number of hydrogen-bond donors (Lipinski definition) is 1. The number of aliphatic hydroxyl groups excluding tert-OH is 1. The number of rotatable bonds is 5. The predicted octanol–water partition coefficient (Wildman–Crippen LogP) is 6.30. The van der Waals surface area contributed by atoms with E-state index in [4.69, 9.17) is 0 Å². The van der Waals surface area contributed by atoms with Crippen molar-refractivity contribution in [3.63, 3.8) is 0 Å². The fourth-order valence-electron chi connectivity index (χ4n) is 4.78. The molecule has 0 spiro atoms. The van der Waals surface area contributed by atoms with Gasteiger partial charge in [0, 0.05) is 0 Å². The van der Waals surface area contributed by atoms with E-state index in [0.29, 0.717) is 11.8 Å². The Labute approximate surface area is 140 Å². The summed E-state index contributed by atoms with van der Waals surface area (Å²) in [6.45, 7) is 18.5. The van der Waals surface area contributed by atoms with Crippen molar-refractivity contribution >= 4 is 0 Å². The lowest BCUT2D eigenvalue weighted by Gasteiger charge is -2.51. The van der Waals surface area contributed by atoms with Gasteiger partial charge in [0.15, 0.2) is 0 Å². The first-order valence-electron chi connectivity index (χ1n) is 9.70. The van der Waals surface area contributed by atoms with Crippen molar-refractivity contribution in [3.8, 4) is 0 Å². The standard InChI is InChI=1S/C21H42O/c1-9-11-15(12-10-2)16-13-17(20(3,4)5)19(22)18(14-16)21(6,7)8/h15-19,22H,9-14H2,1-8H3. The monoisotopic (exact) mass is 310 g/mol. The molecule has 1 aliphatic rings. The molecule has 2 atom stereocenters. The van der Waals surface area contributed by atoms with Crippen LogP contribution in [0.15, 0.2) is 0 Å². The van der Waals surface area contributed by atoms with Crippen LogP contribution in [0.3, 0.4) is 0 Å². The Hall–Kier alpha value is -0.0400. The molecular weight excluding hydrogens is 268 g/mol. The Balaban J connectivity index is 3.04. The molecule has 0 aromatic heterocycles. The average Bonchev–Trinajstić information content (AvgIpc) is 2.36. The van der Waals surface area contributed by atoms with Gasteiger partial charge < -0.3 is 5.11 Å². The summed E-state index contributed by atoms with van der Waals surface area (Å²) in [6.07, 6.45) is 7.63. The van der Waals surface area contributed by atoms with Crippen molar-refractivity contribution in [2.75, 3.05) is 0 Å². The molecule has 1 saturated carbocycles. The van der Waals surface area contributed by atoms with E-state index < -0.39 is 0 Å². The van der Waals surface area contributed by atoms with Crippen LogP contribution in [-0.2, 0) is 0 Å². The van der Waals surface area contributed by atoms with Gasteiger partial charge in [0.05, 0.1) is 6.10 Å². The van der Waals surface area contributed by atoms with E-state index in [2.05, 4.69) is 55.4 Å². The van der Waals surface area contributed by atoms with Crippen LogP contribution in [-0.4, -0.2) is 11.2 Å². The maximum absolute atomic E-state index is 11.1. The lowest BCUT2D eigenvalue weighted by molar-refractivity contribution is -0.0929. The Morgan fingerprint density at radius 3 is 1.45 bits per heavy atom. The van der Waals surface area contributed by atoms with Crippen molar-refractivity contribution in [3.05, 3.63) is 0 Å². The van der Waals surface area contributed by atoms with Crippen LogP contribution in [0.1, 0.15) is 93.9 Å². The first kappa shape index (κ1) is 20.0. The molecule has 2 unspecified atom stereocenters. The zero-order valence-electron chi connectivity index (χ0n) is 16.6. The van der Waals surface area contributed by atoms with Gasteiger partial charge in [-0.15, -0.1) is 0 Å². The third-order valence-corrected chi connectivity index (χ3v) is 6.15. The Morgan fingerprint density at radius 2 is 1.18 bits per heavy atom. The van der Waals surface area contributed by atoms with Crippen LogP contribution in [0, 0.1) is 34.5 Å².